The fraction of sp³-hybridized carbons (Fsp3) is 0.0833. The van der Waals surface area contributed by atoms with E-state index in [1.54, 1.807) is 67.6 Å². The van der Waals surface area contributed by atoms with E-state index < -0.39 is 10.0 Å². The van der Waals surface area contributed by atoms with Crippen molar-refractivity contribution in [3.8, 4) is 11.5 Å². The van der Waals surface area contributed by atoms with Gasteiger partial charge in [-0.3, -0.25) is 9.52 Å². The molecule has 3 aromatic carbocycles. The highest BCUT2D eigenvalue weighted by Gasteiger charge is 2.16. The Kier molecular flexibility index (Phi) is 6.48. The Hall–Kier alpha value is -3.62. The molecule has 0 unspecified atom stereocenters. The first kappa shape index (κ1) is 22.6. The Balaban J connectivity index is 1.44. The van der Waals surface area contributed by atoms with Crippen molar-refractivity contribution in [2.45, 2.75) is 18.2 Å². The van der Waals surface area contributed by atoms with E-state index in [9.17, 15) is 13.2 Å². The van der Waals surface area contributed by atoms with Gasteiger partial charge in [-0.25, -0.2) is 13.4 Å². The third kappa shape index (κ3) is 5.60. The third-order valence-corrected chi connectivity index (χ3v) is 6.44. The maximum atomic E-state index is 12.6. The van der Waals surface area contributed by atoms with Gasteiger partial charge in [0.2, 0.25) is 11.8 Å². The first-order valence-electron chi connectivity index (χ1n) is 9.99. The van der Waals surface area contributed by atoms with Crippen molar-refractivity contribution in [2.24, 2.45) is 0 Å². The second-order valence-electron chi connectivity index (χ2n) is 7.32. The lowest BCUT2D eigenvalue weighted by Gasteiger charge is -2.13. The van der Waals surface area contributed by atoms with Crippen LogP contribution >= 0.6 is 11.6 Å². The van der Waals surface area contributed by atoms with E-state index in [0.717, 1.165) is 11.1 Å². The molecule has 0 saturated carbocycles. The molecular weight excluding hydrogens is 462 g/mol. The van der Waals surface area contributed by atoms with Crippen LogP contribution in [-0.2, 0) is 21.2 Å². The minimum Gasteiger partial charge on any atom is -0.444 e. The van der Waals surface area contributed by atoms with Crippen LogP contribution in [0.25, 0.3) is 11.5 Å². The lowest BCUT2D eigenvalue weighted by atomic mass is 10.2. The van der Waals surface area contributed by atoms with Gasteiger partial charge in [0, 0.05) is 16.3 Å². The van der Waals surface area contributed by atoms with Crippen molar-refractivity contribution < 1.29 is 17.6 Å². The number of aromatic nitrogens is 1. The largest absolute Gasteiger partial charge is 0.444 e. The standard InChI is InChI=1S/C24H20ClN3O4S/c1-16-7-12-19(13-22(16)28-33(30,31)21-5-3-2-4-6-21)26-23(29)14-20-15-32-24(27-20)17-8-10-18(25)11-9-17/h2-13,15,28H,14H2,1H3,(H,26,29). The van der Waals surface area contributed by atoms with Gasteiger partial charge < -0.3 is 9.73 Å². The zero-order chi connectivity index (χ0) is 23.4. The summed E-state index contributed by atoms with van der Waals surface area (Å²) < 4.78 is 33.3. The number of halogens is 1. The quantitative estimate of drug-likeness (QED) is 0.373. The van der Waals surface area contributed by atoms with E-state index in [1.807, 2.05) is 0 Å². The lowest BCUT2D eigenvalue weighted by molar-refractivity contribution is -0.115. The van der Waals surface area contributed by atoms with Gasteiger partial charge in [-0.2, -0.15) is 0 Å². The molecule has 0 bridgehead atoms. The Labute approximate surface area is 196 Å². The Morgan fingerprint density at radius 3 is 2.48 bits per heavy atom. The summed E-state index contributed by atoms with van der Waals surface area (Å²) in [6, 6.07) is 20.1. The molecule has 0 spiro atoms. The highest BCUT2D eigenvalue weighted by molar-refractivity contribution is 7.92. The molecule has 7 nitrogen and oxygen atoms in total. The average molecular weight is 482 g/mol. The van der Waals surface area contributed by atoms with Crippen LogP contribution in [0.3, 0.4) is 0 Å². The van der Waals surface area contributed by atoms with Crippen LogP contribution in [0.15, 0.2) is 88.4 Å². The number of amides is 1. The number of anilines is 2. The summed E-state index contributed by atoms with van der Waals surface area (Å²) in [6.45, 7) is 1.78. The number of nitrogens with zero attached hydrogens (tertiary/aromatic N) is 1. The topological polar surface area (TPSA) is 101 Å². The maximum Gasteiger partial charge on any atom is 0.261 e. The van der Waals surface area contributed by atoms with Gasteiger partial charge in [0.15, 0.2) is 0 Å². The van der Waals surface area contributed by atoms with Gasteiger partial charge in [0.25, 0.3) is 10.0 Å². The van der Waals surface area contributed by atoms with E-state index in [2.05, 4.69) is 15.0 Å². The van der Waals surface area contributed by atoms with Crippen LogP contribution in [0.5, 0.6) is 0 Å². The van der Waals surface area contributed by atoms with Gasteiger partial charge in [-0.15, -0.1) is 0 Å². The Bertz CT molecular complexity index is 1380. The minimum absolute atomic E-state index is 0.00393. The highest BCUT2D eigenvalue weighted by Crippen LogP contribution is 2.24. The minimum atomic E-state index is -3.75. The SMILES string of the molecule is Cc1ccc(NC(=O)Cc2coc(-c3ccc(Cl)cc3)n2)cc1NS(=O)(=O)c1ccccc1. The van der Waals surface area contributed by atoms with E-state index in [0.29, 0.717) is 28.0 Å². The summed E-state index contributed by atoms with van der Waals surface area (Å²) in [6.07, 6.45) is 1.42. The Morgan fingerprint density at radius 2 is 1.76 bits per heavy atom. The molecule has 1 amide bonds. The first-order chi connectivity index (χ1) is 15.8. The smallest absolute Gasteiger partial charge is 0.261 e. The molecule has 0 radical (unpaired) electrons. The molecule has 1 aromatic heterocycles. The summed E-state index contributed by atoms with van der Waals surface area (Å²) in [7, 11) is -3.75. The number of nitrogens with one attached hydrogen (secondary N) is 2. The maximum absolute atomic E-state index is 12.6. The number of aryl methyl sites for hydroxylation is 1. The molecule has 4 rings (SSSR count). The molecule has 0 aliphatic heterocycles. The molecule has 0 saturated heterocycles. The summed E-state index contributed by atoms with van der Waals surface area (Å²) in [5, 5.41) is 3.37. The van der Waals surface area contributed by atoms with Crippen LogP contribution in [0.4, 0.5) is 11.4 Å². The summed E-state index contributed by atoms with van der Waals surface area (Å²) in [5.41, 5.74) is 2.77. The number of benzene rings is 3. The number of hydrogen-bond acceptors (Lipinski definition) is 5. The number of rotatable bonds is 7. The number of oxazole rings is 1. The molecule has 0 aliphatic carbocycles. The molecule has 0 fully saturated rings. The van der Waals surface area contributed by atoms with Crippen molar-refractivity contribution in [2.75, 3.05) is 10.0 Å². The fourth-order valence-electron chi connectivity index (χ4n) is 3.10. The van der Waals surface area contributed by atoms with Crippen LogP contribution in [0.1, 0.15) is 11.3 Å². The van der Waals surface area contributed by atoms with Gasteiger partial charge in [-0.05, 0) is 61.0 Å². The van der Waals surface area contributed by atoms with Gasteiger partial charge in [0.05, 0.1) is 22.7 Å². The van der Waals surface area contributed by atoms with Gasteiger partial charge in [0.1, 0.15) is 6.26 Å². The predicted octanol–water partition coefficient (Wildman–Crippen LogP) is 5.29. The third-order valence-electron chi connectivity index (χ3n) is 4.80. The molecule has 9 heteroatoms. The summed E-state index contributed by atoms with van der Waals surface area (Å²) in [4.78, 5) is 17.0. The van der Waals surface area contributed by atoms with E-state index >= 15 is 0 Å². The molecule has 1 heterocycles. The predicted molar refractivity (Wildman–Crippen MR) is 128 cm³/mol. The van der Waals surface area contributed by atoms with E-state index in [4.69, 9.17) is 16.0 Å². The van der Waals surface area contributed by atoms with Crippen molar-refractivity contribution in [3.05, 3.63) is 95.3 Å². The van der Waals surface area contributed by atoms with Crippen molar-refractivity contribution in [3.63, 3.8) is 0 Å². The highest BCUT2D eigenvalue weighted by atomic mass is 35.5. The molecule has 0 atom stereocenters. The normalized spacial score (nSPS) is 11.2. The zero-order valence-electron chi connectivity index (χ0n) is 17.6. The molecule has 168 valence electrons. The Morgan fingerprint density at radius 1 is 1.03 bits per heavy atom. The first-order valence-corrected chi connectivity index (χ1v) is 11.8. The molecular formula is C24H20ClN3O4S. The van der Waals surface area contributed by atoms with Crippen LogP contribution < -0.4 is 10.0 Å². The number of carbonyl (C=O) groups is 1. The molecule has 2 N–H and O–H groups in total. The molecule has 4 aromatic rings. The monoisotopic (exact) mass is 481 g/mol. The van der Waals surface area contributed by atoms with Crippen molar-refractivity contribution >= 4 is 38.9 Å². The number of sulfonamides is 1. The van der Waals surface area contributed by atoms with Gasteiger partial charge >= 0.3 is 0 Å². The summed E-state index contributed by atoms with van der Waals surface area (Å²) in [5.74, 6) is 0.0779. The average Bonchev–Trinajstić information content (AvgIpc) is 3.25. The molecule has 0 aliphatic rings. The second kappa shape index (κ2) is 9.48. The van der Waals surface area contributed by atoms with Crippen LogP contribution in [-0.4, -0.2) is 19.3 Å². The van der Waals surface area contributed by atoms with E-state index in [1.165, 1.54) is 18.4 Å². The molecule has 33 heavy (non-hydrogen) atoms. The summed E-state index contributed by atoms with van der Waals surface area (Å²) >= 11 is 5.90. The lowest BCUT2D eigenvalue weighted by Crippen LogP contribution is -2.16. The fourth-order valence-corrected chi connectivity index (χ4v) is 4.36. The number of hydrogen-bond donors (Lipinski definition) is 2. The zero-order valence-corrected chi connectivity index (χ0v) is 19.2. The van der Waals surface area contributed by atoms with Crippen LogP contribution in [0.2, 0.25) is 5.02 Å². The van der Waals surface area contributed by atoms with Crippen molar-refractivity contribution in [1.29, 1.82) is 0 Å². The van der Waals surface area contributed by atoms with Gasteiger partial charge in [-0.1, -0.05) is 35.9 Å². The second-order valence-corrected chi connectivity index (χ2v) is 9.44. The van der Waals surface area contributed by atoms with E-state index in [-0.39, 0.29) is 17.2 Å². The van der Waals surface area contributed by atoms with Crippen molar-refractivity contribution in [1.82, 2.24) is 4.98 Å². The number of carbonyl (C=O) groups excluding carboxylic acids is 1. The van der Waals surface area contributed by atoms with Crippen LogP contribution in [0, 0.1) is 6.92 Å².